The summed E-state index contributed by atoms with van der Waals surface area (Å²) in [7, 11) is 0. The predicted molar refractivity (Wildman–Crippen MR) is 54.5 cm³/mol. The van der Waals surface area contributed by atoms with Gasteiger partial charge in [0.15, 0.2) is 0 Å². The highest BCUT2D eigenvalue weighted by Crippen LogP contribution is 1.89. The van der Waals surface area contributed by atoms with E-state index in [2.05, 4.69) is 17.6 Å². The molecule has 1 heterocycles. The van der Waals surface area contributed by atoms with Gasteiger partial charge in [-0.15, -0.1) is 0 Å². The molecular formula is C8H12N2O2S. The first kappa shape index (κ1) is 10.1. The molecule has 5 heteroatoms. The average Bonchev–Trinajstić information content (AvgIpc) is 2.09. The van der Waals surface area contributed by atoms with Crippen molar-refractivity contribution in [3.63, 3.8) is 0 Å². The van der Waals surface area contributed by atoms with E-state index >= 15 is 0 Å². The molecule has 1 N–H and O–H groups in total. The summed E-state index contributed by atoms with van der Waals surface area (Å²) in [6.07, 6.45) is 2.39. The van der Waals surface area contributed by atoms with Gasteiger partial charge in [0, 0.05) is 18.3 Å². The van der Waals surface area contributed by atoms with Crippen LogP contribution in [-0.4, -0.2) is 15.3 Å². The summed E-state index contributed by atoms with van der Waals surface area (Å²) in [4.78, 5) is 24.4. The van der Waals surface area contributed by atoms with Gasteiger partial charge in [-0.3, -0.25) is 9.78 Å². The van der Waals surface area contributed by atoms with E-state index < -0.39 is 0 Å². The molecule has 4 nitrogen and oxygen atoms in total. The van der Waals surface area contributed by atoms with Crippen molar-refractivity contribution in [2.24, 2.45) is 0 Å². The lowest BCUT2D eigenvalue weighted by Crippen LogP contribution is -2.30. The minimum Gasteiger partial charge on any atom is -0.300 e. The fraction of sp³-hybridized carbons (Fsp3) is 0.500. The molecule has 0 aromatic carbocycles. The summed E-state index contributed by atoms with van der Waals surface area (Å²) in [5.74, 6) is 0.727. The number of aromatic amines is 1. The average molecular weight is 200 g/mol. The van der Waals surface area contributed by atoms with Crippen molar-refractivity contribution >= 4 is 12.6 Å². The normalized spacial score (nSPS) is 10.3. The maximum Gasteiger partial charge on any atom is 0.328 e. The summed E-state index contributed by atoms with van der Waals surface area (Å²) in [5.41, 5.74) is -0.108. The van der Waals surface area contributed by atoms with Crippen molar-refractivity contribution in [1.82, 2.24) is 9.55 Å². The van der Waals surface area contributed by atoms with Crippen LogP contribution >= 0.6 is 12.6 Å². The zero-order chi connectivity index (χ0) is 9.84. The van der Waals surface area contributed by atoms with E-state index in [0.29, 0.717) is 12.1 Å². The maximum atomic E-state index is 11.2. The largest absolute Gasteiger partial charge is 0.328 e. The van der Waals surface area contributed by atoms with E-state index in [1.54, 1.807) is 13.1 Å². The number of nitrogens with zero attached hydrogens (tertiary/aromatic N) is 1. The van der Waals surface area contributed by atoms with Crippen LogP contribution in [0.3, 0.4) is 0 Å². The van der Waals surface area contributed by atoms with E-state index in [-0.39, 0.29) is 11.2 Å². The molecule has 0 saturated heterocycles. The smallest absolute Gasteiger partial charge is 0.300 e. The lowest BCUT2D eigenvalue weighted by molar-refractivity contribution is 0.632. The van der Waals surface area contributed by atoms with Crippen molar-refractivity contribution in [3.05, 3.63) is 32.6 Å². The van der Waals surface area contributed by atoms with Crippen LogP contribution in [0.25, 0.3) is 0 Å². The van der Waals surface area contributed by atoms with Crippen LogP contribution < -0.4 is 11.2 Å². The molecule has 0 fully saturated rings. The van der Waals surface area contributed by atoms with Crippen LogP contribution in [0, 0.1) is 6.92 Å². The molecule has 0 atom stereocenters. The fourth-order valence-electron chi connectivity index (χ4n) is 1.03. The number of aromatic nitrogens is 2. The Bertz CT molecular complexity index is 394. The molecular weight excluding hydrogens is 188 g/mol. The molecule has 0 unspecified atom stereocenters. The number of hydrogen-bond acceptors (Lipinski definition) is 3. The van der Waals surface area contributed by atoms with Crippen LogP contribution in [0.5, 0.6) is 0 Å². The summed E-state index contributed by atoms with van der Waals surface area (Å²) in [6.45, 7) is 2.27. The van der Waals surface area contributed by atoms with E-state index in [0.717, 1.165) is 12.2 Å². The summed E-state index contributed by atoms with van der Waals surface area (Å²) in [6, 6.07) is 0. The SMILES string of the molecule is Cc1cn(CCCS)c(=O)[nH]c1=O. The molecule has 0 bridgehead atoms. The molecule has 0 aliphatic rings. The Morgan fingerprint density at radius 2 is 2.23 bits per heavy atom. The lowest BCUT2D eigenvalue weighted by atomic mass is 10.4. The van der Waals surface area contributed by atoms with Crippen molar-refractivity contribution < 1.29 is 0 Å². The summed E-state index contributed by atoms with van der Waals surface area (Å²) < 4.78 is 1.49. The number of thiol groups is 1. The van der Waals surface area contributed by atoms with Crippen molar-refractivity contribution in [1.29, 1.82) is 0 Å². The quantitative estimate of drug-likeness (QED) is 0.683. The van der Waals surface area contributed by atoms with E-state index in [4.69, 9.17) is 0 Å². The van der Waals surface area contributed by atoms with E-state index in [9.17, 15) is 9.59 Å². The predicted octanol–water partition coefficient (Wildman–Crippen LogP) is 0.165. The molecule has 0 spiro atoms. The first-order valence-electron chi connectivity index (χ1n) is 4.06. The zero-order valence-electron chi connectivity index (χ0n) is 7.41. The van der Waals surface area contributed by atoms with Gasteiger partial charge in [0.2, 0.25) is 0 Å². The Labute approximate surface area is 81.0 Å². The Morgan fingerprint density at radius 3 is 2.85 bits per heavy atom. The van der Waals surface area contributed by atoms with Crippen molar-refractivity contribution in [2.45, 2.75) is 19.9 Å². The molecule has 0 amide bonds. The monoisotopic (exact) mass is 200 g/mol. The highest BCUT2D eigenvalue weighted by atomic mass is 32.1. The minimum atomic E-state index is -0.350. The van der Waals surface area contributed by atoms with Gasteiger partial charge in [-0.2, -0.15) is 12.6 Å². The number of hydrogen-bond donors (Lipinski definition) is 2. The Kier molecular flexibility index (Phi) is 3.36. The molecule has 0 aliphatic heterocycles. The first-order chi connectivity index (χ1) is 6.15. The third-order valence-corrected chi connectivity index (χ3v) is 2.06. The number of rotatable bonds is 3. The molecule has 0 radical (unpaired) electrons. The van der Waals surface area contributed by atoms with Gasteiger partial charge >= 0.3 is 5.69 Å². The van der Waals surface area contributed by atoms with Crippen LogP contribution in [0.2, 0.25) is 0 Å². The molecule has 0 aliphatic carbocycles. The van der Waals surface area contributed by atoms with E-state index in [1.807, 2.05) is 0 Å². The highest BCUT2D eigenvalue weighted by Gasteiger charge is 1.98. The summed E-state index contributed by atoms with van der Waals surface area (Å²) in [5, 5.41) is 0. The second-order valence-corrected chi connectivity index (χ2v) is 3.29. The Balaban J connectivity index is 3.02. The second kappa shape index (κ2) is 4.32. The highest BCUT2D eigenvalue weighted by molar-refractivity contribution is 7.80. The van der Waals surface area contributed by atoms with Gasteiger partial charge < -0.3 is 4.57 Å². The molecule has 0 saturated carbocycles. The Morgan fingerprint density at radius 1 is 1.54 bits per heavy atom. The summed E-state index contributed by atoms with van der Waals surface area (Å²) >= 11 is 4.04. The Hall–Kier alpha value is -0.970. The maximum absolute atomic E-state index is 11.2. The molecule has 13 heavy (non-hydrogen) atoms. The fourth-order valence-corrected chi connectivity index (χ4v) is 1.17. The lowest BCUT2D eigenvalue weighted by Gasteiger charge is -2.03. The van der Waals surface area contributed by atoms with Crippen LogP contribution in [0.4, 0.5) is 0 Å². The van der Waals surface area contributed by atoms with Crippen LogP contribution in [0.15, 0.2) is 15.8 Å². The zero-order valence-corrected chi connectivity index (χ0v) is 8.30. The van der Waals surface area contributed by atoms with Gasteiger partial charge in [-0.1, -0.05) is 0 Å². The molecule has 1 aromatic heterocycles. The third kappa shape index (κ3) is 2.48. The van der Waals surface area contributed by atoms with Crippen molar-refractivity contribution in [2.75, 3.05) is 5.75 Å². The second-order valence-electron chi connectivity index (χ2n) is 2.84. The van der Waals surface area contributed by atoms with Gasteiger partial charge in [0.1, 0.15) is 0 Å². The first-order valence-corrected chi connectivity index (χ1v) is 4.69. The number of H-pyrrole nitrogens is 1. The van der Waals surface area contributed by atoms with Gasteiger partial charge in [-0.25, -0.2) is 4.79 Å². The third-order valence-electron chi connectivity index (χ3n) is 1.75. The van der Waals surface area contributed by atoms with Gasteiger partial charge in [0.05, 0.1) is 0 Å². The van der Waals surface area contributed by atoms with Gasteiger partial charge in [-0.05, 0) is 19.1 Å². The van der Waals surface area contributed by atoms with Gasteiger partial charge in [0.25, 0.3) is 5.56 Å². The van der Waals surface area contributed by atoms with E-state index in [1.165, 1.54) is 4.57 Å². The number of aryl methyl sites for hydroxylation is 2. The topological polar surface area (TPSA) is 54.9 Å². The number of nitrogens with one attached hydrogen (secondary N) is 1. The molecule has 1 rings (SSSR count). The molecule has 72 valence electrons. The van der Waals surface area contributed by atoms with Crippen LogP contribution in [0.1, 0.15) is 12.0 Å². The minimum absolute atomic E-state index is 0.313. The van der Waals surface area contributed by atoms with Crippen LogP contribution in [-0.2, 0) is 6.54 Å². The van der Waals surface area contributed by atoms with Crippen molar-refractivity contribution in [3.8, 4) is 0 Å². The molecule has 1 aromatic rings. The standard InChI is InChI=1S/C8H12N2O2S/c1-6-5-10(3-2-4-13)8(12)9-7(6)11/h5,13H,2-4H2,1H3,(H,9,11,12).